The summed E-state index contributed by atoms with van der Waals surface area (Å²) in [4.78, 5) is 6.60. The maximum Gasteiger partial charge on any atom is 0.128 e. The van der Waals surface area contributed by atoms with Gasteiger partial charge in [0.1, 0.15) is 5.82 Å². The van der Waals surface area contributed by atoms with Crippen LogP contribution in [-0.4, -0.2) is 19.1 Å². The Morgan fingerprint density at radius 2 is 1.84 bits per heavy atom. The molecule has 0 fully saturated rings. The van der Waals surface area contributed by atoms with Gasteiger partial charge in [0, 0.05) is 26.3 Å². The Balaban J connectivity index is 2.08. The highest BCUT2D eigenvalue weighted by molar-refractivity contribution is 5.41. The Labute approximate surface area is 115 Å². The molecule has 0 unspecified atom stereocenters. The molecule has 2 aromatic rings. The van der Waals surface area contributed by atoms with Crippen LogP contribution in [0.4, 0.5) is 5.82 Å². The number of pyridine rings is 1. The number of nitrogens with zero attached hydrogens (tertiary/aromatic N) is 2. The van der Waals surface area contributed by atoms with E-state index in [1.165, 1.54) is 16.7 Å². The number of hydrogen-bond donors (Lipinski definition) is 1. The molecule has 0 aliphatic carbocycles. The van der Waals surface area contributed by atoms with E-state index in [4.69, 9.17) is 0 Å². The first-order valence-electron chi connectivity index (χ1n) is 6.55. The average molecular weight is 255 g/mol. The van der Waals surface area contributed by atoms with E-state index >= 15 is 0 Å². The lowest BCUT2D eigenvalue weighted by Gasteiger charge is -2.19. The summed E-state index contributed by atoms with van der Waals surface area (Å²) in [6.45, 7) is 3.85. The number of rotatable bonds is 5. The van der Waals surface area contributed by atoms with Crippen LogP contribution in [0.5, 0.6) is 0 Å². The van der Waals surface area contributed by atoms with E-state index in [0.29, 0.717) is 0 Å². The third kappa shape index (κ3) is 3.80. The van der Waals surface area contributed by atoms with Crippen molar-refractivity contribution in [2.24, 2.45) is 0 Å². The lowest BCUT2D eigenvalue weighted by molar-refractivity contribution is 0.811. The van der Waals surface area contributed by atoms with Gasteiger partial charge >= 0.3 is 0 Å². The molecule has 100 valence electrons. The lowest BCUT2D eigenvalue weighted by Crippen LogP contribution is -2.18. The van der Waals surface area contributed by atoms with E-state index in [9.17, 15) is 0 Å². The Bertz CT molecular complexity index is 520. The van der Waals surface area contributed by atoms with Gasteiger partial charge in [0.2, 0.25) is 0 Å². The van der Waals surface area contributed by atoms with Crippen molar-refractivity contribution in [2.75, 3.05) is 19.0 Å². The van der Waals surface area contributed by atoms with Crippen molar-refractivity contribution < 1.29 is 0 Å². The number of aryl methyl sites for hydroxylation is 1. The maximum atomic E-state index is 4.43. The van der Waals surface area contributed by atoms with Crippen molar-refractivity contribution in [3.05, 3.63) is 59.3 Å². The zero-order valence-electron chi connectivity index (χ0n) is 11.9. The van der Waals surface area contributed by atoms with Crippen molar-refractivity contribution in [3.63, 3.8) is 0 Å². The van der Waals surface area contributed by atoms with Crippen molar-refractivity contribution in [1.82, 2.24) is 10.3 Å². The summed E-state index contributed by atoms with van der Waals surface area (Å²) < 4.78 is 0. The Hall–Kier alpha value is -1.87. The van der Waals surface area contributed by atoms with E-state index in [1.54, 1.807) is 0 Å². The smallest absolute Gasteiger partial charge is 0.128 e. The van der Waals surface area contributed by atoms with Gasteiger partial charge in [0.05, 0.1) is 0 Å². The highest BCUT2D eigenvalue weighted by Crippen LogP contribution is 2.14. The molecule has 1 aromatic heterocycles. The molecule has 1 N–H and O–H groups in total. The van der Waals surface area contributed by atoms with Crippen LogP contribution in [0.15, 0.2) is 42.6 Å². The molecule has 0 amide bonds. The van der Waals surface area contributed by atoms with Gasteiger partial charge in [0.15, 0.2) is 0 Å². The van der Waals surface area contributed by atoms with Gasteiger partial charge in [-0.05, 0) is 37.2 Å². The fraction of sp³-hybridized carbons (Fsp3) is 0.312. The number of aromatic nitrogens is 1. The van der Waals surface area contributed by atoms with Crippen LogP contribution in [0.3, 0.4) is 0 Å². The Morgan fingerprint density at radius 1 is 1.11 bits per heavy atom. The third-order valence-electron chi connectivity index (χ3n) is 3.12. The van der Waals surface area contributed by atoms with Gasteiger partial charge in [-0.25, -0.2) is 4.98 Å². The van der Waals surface area contributed by atoms with Crippen molar-refractivity contribution >= 4 is 5.82 Å². The molecule has 0 aliphatic heterocycles. The molecule has 0 atom stereocenters. The lowest BCUT2D eigenvalue weighted by atomic mass is 10.1. The summed E-state index contributed by atoms with van der Waals surface area (Å²) in [7, 11) is 4.03. The van der Waals surface area contributed by atoms with Gasteiger partial charge in [-0.2, -0.15) is 0 Å². The molecule has 0 aliphatic rings. The SMILES string of the molecule is CNCc1ccnc(N(C)Cc2ccc(C)cc2)c1. The molecule has 0 spiro atoms. The predicted octanol–water partition coefficient (Wildman–Crippen LogP) is 2.75. The second kappa shape index (κ2) is 6.34. The van der Waals surface area contributed by atoms with Crippen LogP contribution in [0.1, 0.15) is 16.7 Å². The first-order valence-corrected chi connectivity index (χ1v) is 6.55. The van der Waals surface area contributed by atoms with Crippen LogP contribution in [0, 0.1) is 6.92 Å². The third-order valence-corrected chi connectivity index (χ3v) is 3.12. The fourth-order valence-corrected chi connectivity index (χ4v) is 2.03. The van der Waals surface area contributed by atoms with E-state index in [1.807, 2.05) is 19.3 Å². The topological polar surface area (TPSA) is 28.2 Å². The molecule has 2 rings (SSSR count). The molecule has 1 heterocycles. The molecule has 0 bridgehead atoms. The fourth-order valence-electron chi connectivity index (χ4n) is 2.03. The molecule has 0 saturated heterocycles. The normalized spacial score (nSPS) is 10.5. The molecule has 3 heteroatoms. The molecule has 19 heavy (non-hydrogen) atoms. The summed E-state index contributed by atoms with van der Waals surface area (Å²) in [5, 5.41) is 3.16. The Morgan fingerprint density at radius 3 is 2.53 bits per heavy atom. The molecule has 1 aromatic carbocycles. The minimum absolute atomic E-state index is 0.869. The second-order valence-corrected chi connectivity index (χ2v) is 4.89. The van der Waals surface area contributed by atoms with Gasteiger partial charge < -0.3 is 10.2 Å². The number of benzene rings is 1. The van der Waals surface area contributed by atoms with E-state index in [2.05, 4.69) is 59.5 Å². The molecule has 0 saturated carbocycles. The minimum Gasteiger partial charge on any atom is -0.355 e. The number of anilines is 1. The largest absolute Gasteiger partial charge is 0.355 e. The van der Waals surface area contributed by atoms with Crippen LogP contribution in [0.25, 0.3) is 0 Å². The summed E-state index contributed by atoms with van der Waals surface area (Å²) >= 11 is 0. The van der Waals surface area contributed by atoms with Gasteiger partial charge in [-0.1, -0.05) is 29.8 Å². The zero-order chi connectivity index (χ0) is 13.7. The van der Waals surface area contributed by atoms with Crippen molar-refractivity contribution in [1.29, 1.82) is 0 Å². The van der Waals surface area contributed by atoms with E-state index < -0.39 is 0 Å². The van der Waals surface area contributed by atoms with Crippen molar-refractivity contribution in [3.8, 4) is 0 Å². The predicted molar refractivity (Wildman–Crippen MR) is 80.3 cm³/mol. The summed E-state index contributed by atoms with van der Waals surface area (Å²) in [6, 6.07) is 12.8. The van der Waals surface area contributed by atoms with Crippen LogP contribution in [-0.2, 0) is 13.1 Å². The number of nitrogens with one attached hydrogen (secondary N) is 1. The van der Waals surface area contributed by atoms with E-state index in [-0.39, 0.29) is 0 Å². The second-order valence-electron chi connectivity index (χ2n) is 4.89. The highest BCUT2D eigenvalue weighted by atomic mass is 15.2. The van der Waals surface area contributed by atoms with Crippen molar-refractivity contribution in [2.45, 2.75) is 20.0 Å². The quantitative estimate of drug-likeness (QED) is 0.890. The van der Waals surface area contributed by atoms with Gasteiger partial charge in [-0.15, -0.1) is 0 Å². The molecule has 3 nitrogen and oxygen atoms in total. The first-order chi connectivity index (χ1) is 9.19. The Kier molecular flexibility index (Phi) is 4.53. The highest BCUT2D eigenvalue weighted by Gasteiger charge is 2.04. The average Bonchev–Trinajstić information content (AvgIpc) is 2.42. The maximum absolute atomic E-state index is 4.43. The molecular weight excluding hydrogens is 234 g/mol. The van der Waals surface area contributed by atoms with Gasteiger partial charge in [-0.3, -0.25) is 0 Å². The minimum atomic E-state index is 0.869. The summed E-state index contributed by atoms with van der Waals surface area (Å²) in [6.07, 6.45) is 1.87. The summed E-state index contributed by atoms with van der Waals surface area (Å²) in [5.41, 5.74) is 3.85. The van der Waals surface area contributed by atoms with Crippen LogP contribution in [0.2, 0.25) is 0 Å². The summed E-state index contributed by atoms with van der Waals surface area (Å²) in [5.74, 6) is 1.01. The first kappa shape index (κ1) is 13.6. The molecular formula is C16H21N3. The van der Waals surface area contributed by atoms with Gasteiger partial charge in [0.25, 0.3) is 0 Å². The zero-order valence-corrected chi connectivity index (χ0v) is 11.9. The number of hydrogen-bond acceptors (Lipinski definition) is 3. The monoisotopic (exact) mass is 255 g/mol. The standard InChI is InChI=1S/C16H21N3/c1-13-4-6-14(7-5-13)12-19(3)16-10-15(11-17-2)8-9-18-16/h4-10,17H,11-12H2,1-3H3. The molecule has 0 radical (unpaired) electrons. The van der Waals surface area contributed by atoms with E-state index in [0.717, 1.165) is 18.9 Å². The van der Waals surface area contributed by atoms with Crippen LogP contribution < -0.4 is 10.2 Å². The van der Waals surface area contributed by atoms with Crippen LogP contribution >= 0.6 is 0 Å².